The molecule has 0 aromatic heterocycles. The number of nitrogens with zero attached hydrogens (tertiary/aromatic N) is 3. The number of aliphatic imine (C=N–C) groups is 1. The molecule has 146 valence electrons. The molecule has 1 aromatic rings. The Hall–Kier alpha value is -2.54. The van der Waals surface area contributed by atoms with Gasteiger partial charge < -0.3 is 21.3 Å². The van der Waals surface area contributed by atoms with E-state index >= 15 is 0 Å². The van der Waals surface area contributed by atoms with Crippen molar-refractivity contribution in [2.45, 2.75) is 25.4 Å². The lowest BCUT2D eigenvalue weighted by molar-refractivity contribution is -0.119. The van der Waals surface area contributed by atoms with Crippen molar-refractivity contribution < 1.29 is 4.79 Å². The number of benzene rings is 1. The summed E-state index contributed by atoms with van der Waals surface area (Å²) >= 11 is 0. The Morgan fingerprint density at radius 2 is 1.85 bits per heavy atom. The fourth-order valence-electron chi connectivity index (χ4n) is 3.54. The number of carbonyl (C=O) groups excluding carboxylic acids is 1. The average Bonchev–Trinajstić information content (AvgIpc) is 3.21. The van der Waals surface area contributed by atoms with E-state index in [-0.39, 0.29) is 5.91 Å². The van der Waals surface area contributed by atoms with Gasteiger partial charge in [0.05, 0.1) is 6.54 Å². The second kappa shape index (κ2) is 9.41. The smallest absolute Gasteiger partial charge is 0.231 e. The second-order valence-corrected chi connectivity index (χ2v) is 7.13. The average molecular weight is 371 g/mol. The van der Waals surface area contributed by atoms with Crippen molar-refractivity contribution in [1.82, 2.24) is 15.5 Å². The Kier molecular flexibility index (Phi) is 6.70. The van der Waals surface area contributed by atoms with Gasteiger partial charge in [-0.25, -0.2) is 0 Å². The van der Waals surface area contributed by atoms with Crippen LogP contribution in [0.2, 0.25) is 0 Å². The summed E-state index contributed by atoms with van der Waals surface area (Å²) in [4.78, 5) is 19.8. The lowest BCUT2D eigenvalue weighted by Crippen LogP contribution is -2.49. The van der Waals surface area contributed by atoms with E-state index < -0.39 is 0 Å². The molecule has 4 N–H and O–H groups in total. The van der Waals surface area contributed by atoms with Gasteiger partial charge in [0.1, 0.15) is 0 Å². The molecule has 1 saturated heterocycles. The van der Waals surface area contributed by atoms with Crippen LogP contribution in [-0.4, -0.2) is 62.6 Å². The van der Waals surface area contributed by atoms with Crippen LogP contribution in [0.1, 0.15) is 18.4 Å². The third kappa shape index (κ3) is 5.72. The number of amides is 1. The van der Waals surface area contributed by atoms with Crippen LogP contribution in [0, 0.1) is 0 Å². The van der Waals surface area contributed by atoms with Crippen LogP contribution in [0.25, 0.3) is 0 Å². The van der Waals surface area contributed by atoms with Gasteiger partial charge in [-0.05, 0) is 30.5 Å². The minimum Gasteiger partial charge on any atom is -0.369 e. The minimum atomic E-state index is -0.258. The maximum Gasteiger partial charge on any atom is 0.231 e. The van der Waals surface area contributed by atoms with Crippen LogP contribution in [0.4, 0.5) is 5.69 Å². The van der Waals surface area contributed by atoms with Crippen molar-refractivity contribution in [2.24, 2.45) is 10.7 Å². The van der Waals surface area contributed by atoms with Gasteiger partial charge in [0.2, 0.25) is 5.91 Å². The molecular weight excluding hydrogens is 340 g/mol. The monoisotopic (exact) mass is 370 g/mol. The summed E-state index contributed by atoms with van der Waals surface area (Å²) in [5.74, 6) is 0.557. The summed E-state index contributed by atoms with van der Waals surface area (Å²) < 4.78 is 0. The van der Waals surface area contributed by atoms with E-state index in [4.69, 9.17) is 5.73 Å². The molecule has 2 heterocycles. The van der Waals surface area contributed by atoms with Crippen molar-refractivity contribution in [3.05, 3.63) is 42.0 Å². The van der Waals surface area contributed by atoms with E-state index in [1.807, 2.05) is 0 Å². The molecule has 0 atom stereocenters. The Morgan fingerprint density at radius 1 is 1.19 bits per heavy atom. The Balaban J connectivity index is 1.42. The molecule has 0 radical (unpaired) electrons. The van der Waals surface area contributed by atoms with Crippen LogP contribution in [0.15, 0.2) is 41.4 Å². The van der Waals surface area contributed by atoms with Crippen molar-refractivity contribution in [3.63, 3.8) is 0 Å². The molecule has 0 bridgehead atoms. The van der Waals surface area contributed by atoms with Crippen LogP contribution < -0.4 is 21.3 Å². The molecule has 0 aliphatic carbocycles. The van der Waals surface area contributed by atoms with Gasteiger partial charge in [-0.1, -0.05) is 24.3 Å². The molecule has 0 saturated carbocycles. The number of hydrogen-bond acceptors (Lipinski definition) is 4. The Morgan fingerprint density at radius 3 is 2.44 bits per heavy atom. The van der Waals surface area contributed by atoms with Gasteiger partial charge in [0.25, 0.3) is 0 Å². The predicted molar refractivity (Wildman–Crippen MR) is 110 cm³/mol. The fraction of sp³-hybridized carbons (Fsp3) is 0.500. The van der Waals surface area contributed by atoms with Gasteiger partial charge in [0.15, 0.2) is 5.96 Å². The molecule has 2 aliphatic heterocycles. The maximum atomic E-state index is 11.0. The lowest BCUT2D eigenvalue weighted by atomic mass is 10.1. The van der Waals surface area contributed by atoms with Crippen molar-refractivity contribution in [2.75, 3.05) is 44.7 Å². The zero-order chi connectivity index (χ0) is 19.1. The van der Waals surface area contributed by atoms with E-state index in [1.54, 1.807) is 7.05 Å². The molecule has 1 fully saturated rings. The van der Waals surface area contributed by atoms with Crippen LogP contribution in [0.3, 0.4) is 0 Å². The number of nitrogens with two attached hydrogens (primary N) is 1. The number of hydrogen-bond donors (Lipinski definition) is 3. The number of carbonyl (C=O) groups is 1. The molecule has 0 unspecified atom stereocenters. The third-order valence-corrected chi connectivity index (χ3v) is 5.11. The Bertz CT molecular complexity index is 668. The molecule has 2 aliphatic rings. The SMILES string of the molecule is CN=C(NCc1ccc(N2CC=CC2)cc1)NC1CCN(CC(N)=O)CC1. The van der Waals surface area contributed by atoms with Gasteiger partial charge >= 0.3 is 0 Å². The third-order valence-electron chi connectivity index (χ3n) is 5.11. The first kappa shape index (κ1) is 19.2. The first-order chi connectivity index (χ1) is 13.1. The van der Waals surface area contributed by atoms with Crippen molar-refractivity contribution >= 4 is 17.6 Å². The lowest BCUT2D eigenvalue weighted by Gasteiger charge is -2.32. The molecule has 27 heavy (non-hydrogen) atoms. The molecule has 1 amide bonds. The highest BCUT2D eigenvalue weighted by Crippen LogP contribution is 2.17. The summed E-state index contributed by atoms with van der Waals surface area (Å²) in [7, 11) is 1.79. The topological polar surface area (TPSA) is 86.0 Å². The van der Waals surface area contributed by atoms with Gasteiger partial charge in [-0.3, -0.25) is 14.7 Å². The van der Waals surface area contributed by atoms with E-state index in [2.05, 4.69) is 61.8 Å². The number of piperidine rings is 1. The fourth-order valence-corrected chi connectivity index (χ4v) is 3.54. The summed E-state index contributed by atoms with van der Waals surface area (Å²) in [5, 5.41) is 6.88. The van der Waals surface area contributed by atoms with Crippen molar-refractivity contribution in [1.29, 1.82) is 0 Å². The number of primary amides is 1. The highest BCUT2D eigenvalue weighted by Gasteiger charge is 2.20. The largest absolute Gasteiger partial charge is 0.369 e. The first-order valence-electron chi connectivity index (χ1n) is 9.61. The highest BCUT2D eigenvalue weighted by atomic mass is 16.1. The number of rotatable bonds is 6. The van der Waals surface area contributed by atoms with Crippen LogP contribution >= 0.6 is 0 Å². The molecular formula is C20H30N6O. The normalized spacial score (nSPS) is 18.7. The van der Waals surface area contributed by atoms with Gasteiger partial charge in [-0.2, -0.15) is 0 Å². The number of guanidine groups is 1. The van der Waals surface area contributed by atoms with E-state index in [9.17, 15) is 4.79 Å². The highest BCUT2D eigenvalue weighted by molar-refractivity contribution is 5.80. The van der Waals surface area contributed by atoms with Gasteiger partial charge in [0, 0.05) is 51.5 Å². The standard InChI is InChI=1S/C20H30N6O/c1-22-20(24-17-8-12-25(13-9-17)15-19(21)27)23-14-16-4-6-18(7-5-16)26-10-2-3-11-26/h2-7,17H,8-15H2,1H3,(H2,21,27)(H2,22,23,24). The maximum absolute atomic E-state index is 11.0. The molecule has 7 heteroatoms. The Labute approximate surface area is 161 Å². The summed E-state index contributed by atoms with van der Waals surface area (Å²) in [5.41, 5.74) is 7.75. The van der Waals surface area contributed by atoms with Crippen molar-refractivity contribution in [3.8, 4) is 0 Å². The summed E-state index contributed by atoms with van der Waals surface area (Å²) in [6, 6.07) is 9.04. The molecule has 0 spiro atoms. The van der Waals surface area contributed by atoms with Crippen LogP contribution in [0.5, 0.6) is 0 Å². The van der Waals surface area contributed by atoms with E-state index in [0.29, 0.717) is 12.6 Å². The minimum absolute atomic E-state index is 0.258. The summed E-state index contributed by atoms with van der Waals surface area (Å²) in [6.45, 7) is 4.83. The molecule has 3 rings (SSSR count). The zero-order valence-corrected chi connectivity index (χ0v) is 16.0. The number of anilines is 1. The number of likely N-dealkylation sites (tertiary alicyclic amines) is 1. The molecule has 1 aromatic carbocycles. The van der Waals surface area contributed by atoms with Gasteiger partial charge in [-0.15, -0.1) is 0 Å². The number of nitrogens with one attached hydrogen (secondary N) is 2. The second-order valence-electron chi connectivity index (χ2n) is 7.13. The van der Waals surface area contributed by atoms with Crippen LogP contribution in [-0.2, 0) is 11.3 Å². The zero-order valence-electron chi connectivity index (χ0n) is 16.0. The predicted octanol–water partition coefficient (Wildman–Crippen LogP) is 0.678. The summed E-state index contributed by atoms with van der Waals surface area (Å²) in [6.07, 6.45) is 6.35. The van der Waals surface area contributed by atoms with E-state index in [1.165, 1.54) is 11.3 Å². The first-order valence-corrected chi connectivity index (χ1v) is 9.61. The quantitative estimate of drug-likeness (QED) is 0.389. The molecule has 7 nitrogen and oxygen atoms in total. The van der Waals surface area contributed by atoms with E-state index in [0.717, 1.165) is 51.5 Å².